The molecule has 0 aliphatic heterocycles. The molecule has 0 unspecified atom stereocenters. The molecule has 94 valence electrons. The molecule has 0 bridgehead atoms. The van der Waals surface area contributed by atoms with Crippen LogP contribution in [0.15, 0.2) is 0 Å². The zero-order chi connectivity index (χ0) is 12.4. The first kappa shape index (κ1) is 15.1. The number of ketones is 1. The summed E-state index contributed by atoms with van der Waals surface area (Å²) in [5, 5.41) is 2.63. The molecule has 1 N–H and O–H groups in total. The maximum atomic E-state index is 11.2. The summed E-state index contributed by atoms with van der Waals surface area (Å²) < 4.78 is 10.2. The highest BCUT2D eigenvalue weighted by Gasteiger charge is 2.03. The Balaban J connectivity index is 3.35. The first-order valence-electron chi connectivity index (χ1n) is 5.54. The van der Waals surface area contributed by atoms with Crippen LogP contribution < -0.4 is 5.32 Å². The molecule has 0 spiro atoms. The van der Waals surface area contributed by atoms with Crippen LogP contribution in [0.1, 0.15) is 27.2 Å². The molecule has 0 radical (unpaired) electrons. The number of carbonyl (C=O) groups excluding carboxylic acids is 2. The second kappa shape index (κ2) is 9.30. The Kier molecular flexibility index (Phi) is 8.75. The summed E-state index contributed by atoms with van der Waals surface area (Å²) in [4.78, 5) is 22.0. The first-order chi connectivity index (χ1) is 7.56. The molecule has 0 fully saturated rings. The molecule has 0 aromatic carbocycles. The van der Waals surface area contributed by atoms with Crippen LogP contribution in [0, 0.1) is 0 Å². The van der Waals surface area contributed by atoms with Crippen molar-refractivity contribution in [2.24, 2.45) is 0 Å². The van der Waals surface area contributed by atoms with Gasteiger partial charge in [-0.3, -0.25) is 9.59 Å². The Morgan fingerprint density at radius 3 is 2.50 bits per heavy atom. The maximum Gasteiger partial charge on any atom is 0.246 e. The molecule has 1 amide bonds. The highest BCUT2D eigenvalue weighted by atomic mass is 16.5. The lowest BCUT2D eigenvalue weighted by Crippen LogP contribution is -2.31. The summed E-state index contributed by atoms with van der Waals surface area (Å²) in [5.41, 5.74) is 0. The van der Waals surface area contributed by atoms with E-state index in [0.29, 0.717) is 19.6 Å². The Morgan fingerprint density at radius 2 is 1.94 bits per heavy atom. The largest absolute Gasteiger partial charge is 0.377 e. The fourth-order valence-electron chi connectivity index (χ4n) is 0.896. The van der Waals surface area contributed by atoms with Crippen molar-refractivity contribution in [1.29, 1.82) is 0 Å². The lowest BCUT2D eigenvalue weighted by atomic mass is 10.3. The van der Waals surface area contributed by atoms with Gasteiger partial charge in [0.05, 0.1) is 12.7 Å². The Morgan fingerprint density at radius 1 is 1.25 bits per heavy atom. The van der Waals surface area contributed by atoms with Crippen LogP contribution in [0.2, 0.25) is 0 Å². The van der Waals surface area contributed by atoms with E-state index < -0.39 is 0 Å². The van der Waals surface area contributed by atoms with Gasteiger partial charge in [-0.05, 0) is 13.8 Å². The van der Waals surface area contributed by atoms with Crippen LogP contribution >= 0.6 is 0 Å². The van der Waals surface area contributed by atoms with E-state index in [0.717, 1.165) is 0 Å². The van der Waals surface area contributed by atoms with E-state index in [-0.39, 0.29) is 31.0 Å². The van der Waals surface area contributed by atoms with Crippen molar-refractivity contribution < 1.29 is 19.1 Å². The number of amides is 1. The lowest BCUT2D eigenvalue weighted by Gasteiger charge is -2.08. The van der Waals surface area contributed by atoms with Crippen molar-refractivity contribution in [3.63, 3.8) is 0 Å². The summed E-state index contributed by atoms with van der Waals surface area (Å²) in [6.45, 7) is 6.50. The number of carbonyl (C=O) groups is 2. The van der Waals surface area contributed by atoms with Gasteiger partial charge in [-0.25, -0.2) is 0 Å². The predicted molar refractivity (Wildman–Crippen MR) is 60.2 cm³/mol. The number of hydrogen-bond donors (Lipinski definition) is 1. The molecule has 0 saturated heterocycles. The van der Waals surface area contributed by atoms with Crippen molar-refractivity contribution in [1.82, 2.24) is 5.32 Å². The third kappa shape index (κ3) is 9.61. The molecule has 0 atom stereocenters. The molecule has 0 heterocycles. The van der Waals surface area contributed by atoms with Gasteiger partial charge in [0.1, 0.15) is 13.2 Å². The minimum absolute atomic E-state index is 0.00376. The van der Waals surface area contributed by atoms with Gasteiger partial charge in [0.2, 0.25) is 5.91 Å². The van der Waals surface area contributed by atoms with Gasteiger partial charge in [-0.15, -0.1) is 0 Å². The van der Waals surface area contributed by atoms with Crippen LogP contribution in [0.4, 0.5) is 0 Å². The van der Waals surface area contributed by atoms with Gasteiger partial charge in [-0.2, -0.15) is 0 Å². The normalized spacial score (nSPS) is 10.5. The van der Waals surface area contributed by atoms with Crippen molar-refractivity contribution in [3.8, 4) is 0 Å². The van der Waals surface area contributed by atoms with Crippen LogP contribution in [0.3, 0.4) is 0 Å². The molecular weight excluding hydrogens is 210 g/mol. The number of hydrogen-bond acceptors (Lipinski definition) is 4. The van der Waals surface area contributed by atoms with Gasteiger partial charge in [0.25, 0.3) is 0 Å². The van der Waals surface area contributed by atoms with Crippen LogP contribution in [-0.2, 0) is 19.1 Å². The van der Waals surface area contributed by atoms with Gasteiger partial charge in [0, 0.05) is 13.0 Å². The monoisotopic (exact) mass is 231 g/mol. The van der Waals surface area contributed by atoms with Crippen LogP contribution in [-0.4, -0.2) is 44.2 Å². The van der Waals surface area contributed by atoms with Crippen molar-refractivity contribution >= 4 is 11.7 Å². The molecule has 0 aliphatic rings. The smallest absolute Gasteiger partial charge is 0.246 e. The molecule has 0 saturated carbocycles. The van der Waals surface area contributed by atoms with E-state index in [1.54, 1.807) is 6.92 Å². The Hall–Kier alpha value is -0.940. The second-order valence-electron chi connectivity index (χ2n) is 3.65. The van der Waals surface area contributed by atoms with E-state index in [9.17, 15) is 9.59 Å². The number of Topliss-reactive ketones (excluding diaryl/α,β-unsaturated/α-hetero) is 1. The zero-order valence-corrected chi connectivity index (χ0v) is 10.2. The minimum atomic E-state index is -0.226. The molecule has 0 rings (SSSR count). The average Bonchev–Trinajstić information content (AvgIpc) is 2.24. The quantitative estimate of drug-likeness (QED) is 0.588. The van der Waals surface area contributed by atoms with E-state index in [2.05, 4.69) is 5.32 Å². The van der Waals surface area contributed by atoms with Gasteiger partial charge in [0.15, 0.2) is 5.78 Å². The van der Waals surface area contributed by atoms with Crippen molar-refractivity contribution in [3.05, 3.63) is 0 Å². The molecule has 0 aromatic rings. The Labute approximate surface area is 96.5 Å². The summed E-state index contributed by atoms with van der Waals surface area (Å²) in [7, 11) is 0. The molecule has 0 aromatic heterocycles. The topological polar surface area (TPSA) is 64.6 Å². The average molecular weight is 231 g/mol. The molecule has 5 nitrogen and oxygen atoms in total. The highest BCUT2D eigenvalue weighted by molar-refractivity contribution is 5.80. The molecule has 0 aliphatic carbocycles. The summed E-state index contributed by atoms with van der Waals surface area (Å²) in [5.74, 6) is -0.229. The van der Waals surface area contributed by atoms with Gasteiger partial charge < -0.3 is 14.8 Å². The van der Waals surface area contributed by atoms with Crippen LogP contribution in [0.25, 0.3) is 0 Å². The summed E-state index contributed by atoms with van der Waals surface area (Å²) >= 11 is 0. The maximum absolute atomic E-state index is 11.2. The van der Waals surface area contributed by atoms with E-state index in [1.807, 2.05) is 13.8 Å². The van der Waals surface area contributed by atoms with Crippen molar-refractivity contribution in [2.45, 2.75) is 33.3 Å². The highest BCUT2D eigenvalue weighted by Crippen LogP contribution is 1.86. The molecule has 5 heteroatoms. The van der Waals surface area contributed by atoms with Crippen molar-refractivity contribution in [2.75, 3.05) is 26.4 Å². The predicted octanol–water partition coefficient (Wildman–Crippen LogP) is 0.523. The van der Waals surface area contributed by atoms with E-state index in [1.165, 1.54) is 0 Å². The van der Waals surface area contributed by atoms with Gasteiger partial charge in [-0.1, -0.05) is 6.92 Å². The number of nitrogens with one attached hydrogen (secondary N) is 1. The number of ether oxygens (including phenoxy) is 2. The molecule has 16 heavy (non-hydrogen) atoms. The second-order valence-corrected chi connectivity index (χ2v) is 3.65. The fourth-order valence-corrected chi connectivity index (χ4v) is 0.896. The third-order valence-corrected chi connectivity index (χ3v) is 1.77. The standard InChI is InChI=1S/C11H21NO4/c1-4-10(13)7-15-8-11(14)12-5-6-16-9(2)3/h9H,4-8H2,1-3H3,(H,12,14). The van der Waals surface area contributed by atoms with E-state index >= 15 is 0 Å². The Bertz CT molecular complexity index is 216. The third-order valence-electron chi connectivity index (χ3n) is 1.77. The minimum Gasteiger partial charge on any atom is -0.377 e. The lowest BCUT2D eigenvalue weighted by molar-refractivity contribution is -0.130. The van der Waals surface area contributed by atoms with Gasteiger partial charge >= 0.3 is 0 Å². The zero-order valence-electron chi connectivity index (χ0n) is 10.2. The fraction of sp³-hybridized carbons (Fsp3) is 0.818. The molecular formula is C11H21NO4. The first-order valence-corrected chi connectivity index (χ1v) is 5.54. The van der Waals surface area contributed by atoms with Crippen LogP contribution in [0.5, 0.6) is 0 Å². The number of rotatable bonds is 9. The summed E-state index contributed by atoms with van der Waals surface area (Å²) in [6.07, 6.45) is 0.597. The SMILES string of the molecule is CCC(=O)COCC(=O)NCCOC(C)C. The van der Waals surface area contributed by atoms with E-state index in [4.69, 9.17) is 9.47 Å². The summed E-state index contributed by atoms with van der Waals surface area (Å²) in [6, 6.07) is 0.